The number of hydrogen-bond acceptors (Lipinski definition) is 7. The first-order valence-corrected chi connectivity index (χ1v) is 9.50. The number of carbonyl (C=O) groups excluding carboxylic acids is 2. The zero-order valence-corrected chi connectivity index (χ0v) is 15.7. The minimum atomic E-state index is -0.393. The van der Waals surface area contributed by atoms with Crippen LogP contribution < -0.4 is 10.6 Å². The summed E-state index contributed by atoms with van der Waals surface area (Å²) < 4.78 is 5.61. The van der Waals surface area contributed by atoms with Crippen LogP contribution in [0.15, 0.2) is 45.4 Å². The maximum atomic E-state index is 12.1. The van der Waals surface area contributed by atoms with Crippen LogP contribution in [0.4, 0.5) is 10.8 Å². The van der Waals surface area contributed by atoms with Gasteiger partial charge in [-0.25, -0.2) is 0 Å². The fraction of sp³-hybridized carbons (Fsp3) is 0.176. The van der Waals surface area contributed by atoms with Crippen molar-refractivity contribution in [1.29, 1.82) is 0 Å². The summed E-state index contributed by atoms with van der Waals surface area (Å²) in [7, 11) is 0. The van der Waals surface area contributed by atoms with Crippen molar-refractivity contribution in [3.63, 3.8) is 0 Å². The van der Waals surface area contributed by atoms with Gasteiger partial charge >= 0.3 is 0 Å². The second-order valence-corrected chi connectivity index (χ2v) is 7.66. The zero-order valence-electron chi connectivity index (χ0n) is 14.1. The van der Waals surface area contributed by atoms with Gasteiger partial charge in [-0.15, -0.1) is 10.2 Å². The largest absolute Gasteiger partial charge is 0.459 e. The number of rotatable bonds is 6. The predicted molar refractivity (Wildman–Crippen MR) is 102 cm³/mol. The summed E-state index contributed by atoms with van der Waals surface area (Å²) in [6, 6.07) is 9.05. The zero-order chi connectivity index (χ0) is 18.5. The Morgan fingerprint density at radius 3 is 2.77 bits per heavy atom. The first kappa shape index (κ1) is 18.2. The molecule has 7 nitrogen and oxygen atoms in total. The number of hydrogen-bond donors (Lipinski definition) is 2. The molecule has 0 saturated carbocycles. The van der Waals surface area contributed by atoms with Crippen LogP contribution in [0.2, 0.25) is 0 Å². The van der Waals surface area contributed by atoms with Crippen molar-refractivity contribution in [2.75, 3.05) is 16.4 Å². The first-order chi connectivity index (χ1) is 12.5. The average molecular weight is 388 g/mol. The smallest absolute Gasteiger partial charge is 0.293 e. The van der Waals surface area contributed by atoms with Crippen molar-refractivity contribution in [2.45, 2.75) is 18.2 Å². The maximum absolute atomic E-state index is 12.1. The van der Waals surface area contributed by atoms with Crippen LogP contribution in [0.3, 0.4) is 0 Å². The molecule has 0 saturated heterocycles. The Bertz CT molecular complexity index is 922. The molecule has 2 heterocycles. The number of carbonyl (C=O) groups is 2. The van der Waals surface area contributed by atoms with Crippen molar-refractivity contribution in [3.8, 4) is 0 Å². The molecular weight excluding hydrogens is 372 g/mol. The van der Waals surface area contributed by atoms with Gasteiger partial charge in [-0.2, -0.15) is 0 Å². The Morgan fingerprint density at radius 2 is 2.04 bits per heavy atom. The topological polar surface area (TPSA) is 97.1 Å². The lowest BCUT2D eigenvalue weighted by molar-refractivity contribution is -0.113. The van der Waals surface area contributed by atoms with Crippen molar-refractivity contribution < 1.29 is 14.0 Å². The quantitative estimate of drug-likeness (QED) is 0.493. The van der Waals surface area contributed by atoms with Gasteiger partial charge in [0.05, 0.1) is 12.0 Å². The molecule has 0 aliphatic heterocycles. The summed E-state index contributed by atoms with van der Waals surface area (Å²) in [5.74, 6) is -0.121. The van der Waals surface area contributed by atoms with E-state index in [9.17, 15) is 9.59 Å². The van der Waals surface area contributed by atoms with E-state index in [4.69, 9.17) is 4.42 Å². The van der Waals surface area contributed by atoms with Gasteiger partial charge in [-0.1, -0.05) is 40.8 Å². The normalized spacial score (nSPS) is 10.5. The molecule has 134 valence electrons. The fourth-order valence-electron chi connectivity index (χ4n) is 2.15. The van der Waals surface area contributed by atoms with Crippen LogP contribution in [-0.4, -0.2) is 27.8 Å². The molecule has 2 aromatic heterocycles. The molecule has 0 radical (unpaired) electrons. The van der Waals surface area contributed by atoms with Crippen LogP contribution in [0.1, 0.15) is 21.7 Å². The summed E-state index contributed by atoms with van der Waals surface area (Å²) in [5.41, 5.74) is 2.96. The molecule has 3 rings (SSSR count). The summed E-state index contributed by atoms with van der Waals surface area (Å²) in [6.07, 6.45) is 1.42. The highest BCUT2D eigenvalue weighted by atomic mass is 32.2. The first-order valence-electron chi connectivity index (χ1n) is 7.69. The van der Waals surface area contributed by atoms with Crippen LogP contribution >= 0.6 is 23.1 Å². The Labute approximate surface area is 158 Å². The predicted octanol–water partition coefficient (Wildman–Crippen LogP) is 3.73. The Balaban J connectivity index is 1.51. The minimum Gasteiger partial charge on any atom is -0.459 e. The summed E-state index contributed by atoms with van der Waals surface area (Å²) in [5, 5.41) is 13.7. The second kappa shape index (κ2) is 8.15. The van der Waals surface area contributed by atoms with Crippen LogP contribution in [-0.2, 0) is 4.79 Å². The molecule has 0 bridgehead atoms. The summed E-state index contributed by atoms with van der Waals surface area (Å²) >= 11 is 2.46. The highest BCUT2D eigenvalue weighted by molar-refractivity contribution is 8.01. The third-order valence-electron chi connectivity index (χ3n) is 3.35. The lowest BCUT2D eigenvalue weighted by Gasteiger charge is -2.08. The highest BCUT2D eigenvalue weighted by Crippen LogP contribution is 2.26. The number of nitrogens with one attached hydrogen (secondary N) is 2. The number of thioether (sulfide) groups is 1. The number of anilines is 2. The molecule has 0 spiro atoms. The van der Waals surface area contributed by atoms with Gasteiger partial charge in [0, 0.05) is 5.69 Å². The van der Waals surface area contributed by atoms with Gasteiger partial charge in [0.1, 0.15) is 0 Å². The number of aryl methyl sites for hydroxylation is 2. The van der Waals surface area contributed by atoms with Gasteiger partial charge in [-0.05, 0) is 37.6 Å². The fourth-order valence-corrected chi connectivity index (χ4v) is 3.70. The second-order valence-electron chi connectivity index (χ2n) is 5.46. The van der Waals surface area contributed by atoms with Gasteiger partial charge in [0.25, 0.3) is 5.91 Å². The van der Waals surface area contributed by atoms with E-state index in [1.807, 2.05) is 32.0 Å². The molecule has 0 atom stereocenters. The van der Waals surface area contributed by atoms with Crippen molar-refractivity contribution in [1.82, 2.24) is 10.2 Å². The van der Waals surface area contributed by atoms with E-state index < -0.39 is 5.91 Å². The molecule has 3 aromatic rings. The van der Waals surface area contributed by atoms with E-state index in [1.54, 1.807) is 12.1 Å². The van der Waals surface area contributed by atoms with E-state index in [0.717, 1.165) is 16.8 Å². The third kappa shape index (κ3) is 4.70. The van der Waals surface area contributed by atoms with Crippen molar-refractivity contribution in [2.24, 2.45) is 0 Å². The number of nitrogens with zero attached hydrogens (tertiary/aromatic N) is 2. The van der Waals surface area contributed by atoms with E-state index in [1.165, 1.54) is 29.4 Å². The van der Waals surface area contributed by atoms with Gasteiger partial charge in [0.15, 0.2) is 10.1 Å². The van der Waals surface area contributed by atoms with E-state index in [0.29, 0.717) is 9.47 Å². The van der Waals surface area contributed by atoms with Crippen LogP contribution in [0.5, 0.6) is 0 Å². The highest BCUT2D eigenvalue weighted by Gasteiger charge is 2.13. The molecule has 1 aromatic carbocycles. The number of amides is 2. The van der Waals surface area contributed by atoms with E-state index >= 15 is 0 Å². The standard InChI is InChI=1S/C17H16N4O3S2/c1-10-5-6-12(11(2)8-10)18-14(22)9-25-17-21-20-16(26-17)19-15(23)13-4-3-7-24-13/h3-8H,9H2,1-2H3,(H,18,22)(H,19,20,23). The molecule has 0 fully saturated rings. The lowest BCUT2D eigenvalue weighted by atomic mass is 10.1. The SMILES string of the molecule is Cc1ccc(NC(=O)CSc2nnc(NC(=O)c3ccco3)s2)c(C)c1. The number of furan rings is 1. The summed E-state index contributed by atoms with van der Waals surface area (Å²) in [6.45, 7) is 3.96. The molecule has 0 unspecified atom stereocenters. The van der Waals surface area contributed by atoms with Crippen LogP contribution in [0.25, 0.3) is 0 Å². The molecule has 0 aliphatic rings. The third-order valence-corrected chi connectivity index (χ3v) is 5.33. The Morgan fingerprint density at radius 1 is 1.19 bits per heavy atom. The lowest BCUT2D eigenvalue weighted by Crippen LogP contribution is -2.14. The van der Waals surface area contributed by atoms with Crippen LogP contribution in [0, 0.1) is 13.8 Å². The molecule has 0 aliphatic carbocycles. The van der Waals surface area contributed by atoms with E-state index in [2.05, 4.69) is 20.8 Å². The molecular formula is C17H16N4O3S2. The molecule has 26 heavy (non-hydrogen) atoms. The summed E-state index contributed by atoms with van der Waals surface area (Å²) in [4.78, 5) is 24.0. The molecule has 9 heteroatoms. The van der Waals surface area contributed by atoms with E-state index in [-0.39, 0.29) is 17.4 Å². The monoisotopic (exact) mass is 388 g/mol. The molecule has 2 amide bonds. The average Bonchev–Trinajstić information content (AvgIpc) is 3.27. The van der Waals surface area contributed by atoms with Gasteiger partial charge in [0.2, 0.25) is 11.0 Å². The van der Waals surface area contributed by atoms with Gasteiger partial charge < -0.3 is 9.73 Å². The Hall–Kier alpha value is -2.65. The van der Waals surface area contributed by atoms with Gasteiger partial charge in [-0.3, -0.25) is 14.9 Å². The molecule has 2 N–H and O–H groups in total. The minimum absolute atomic E-state index is 0.127. The number of benzene rings is 1. The Kier molecular flexibility index (Phi) is 5.69. The number of aromatic nitrogens is 2. The van der Waals surface area contributed by atoms with Crippen molar-refractivity contribution in [3.05, 3.63) is 53.5 Å². The maximum Gasteiger partial charge on any atom is 0.293 e. The van der Waals surface area contributed by atoms with Crippen molar-refractivity contribution >= 4 is 45.7 Å².